The molecular formula is C13H20N2O4S. The molecule has 3 amide bonds. The van der Waals surface area contributed by atoms with E-state index >= 15 is 0 Å². The van der Waals surface area contributed by atoms with E-state index in [9.17, 15) is 14.4 Å². The number of esters is 1. The molecule has 2 aliphatic carbocycles. The second kappa shape index (κ2) is 6.47. The van der Waals surface area contributed by atoms with Crippen molar-refractivity contribution in [2.75, 3.05) is 18.6 Å². The summed E-state index contributed by atoms with van der Waals surface area (Å²) in [6, 6.07) is -0.168. The van der Waals surface area contributed by atoms with Gasteiger partial charge in [0.05, 0.1) is 19.3 Å². The molecular weight excluding hydrogens is 280 g/mol. The number of nitrogens with one attached hydrogen (secondary N) is 2. The number of hydrogen-bond donors (Lipinski definition) is 2. The molecule has 2 saturated carbocycles. The number of amides is 3. The van der Waals surface area contributed by atoms with Gasteiger partial charge in [-0.25, -0.2) is 4.79 Å². The van der Waals surface area contributed by atoms with Crippen LogP contribution in [0.4, 0.5) is 4.79 Å². The molecule has 6 nitrogen and oxygen atoms in total. The molecule has 0 saturated heterocycles. The molecule has 0 aromatic carbocycles. The molecule has 112 valence electrons. The SMILES string of the molecule is COC(=O)CC1(CSCC(=O)NC(=O)NC2CC2)CC1. The van der Waals surface area contributed by atoms with E-state index in [4.69, 9.17) is 0 Å². The summed E-state index contributed by atoms with van der Waals surface area (Å²) in [4.78, 5) is 34.2. The number of carbonyl (C=O) groups excluding carboxylic acids is 3. The lowest BCUT2D eigenvalue weighted by molar-refractivity contribution is -0.141. The van der Waals surface area contributed by atoms with Crippen LogP contribution < -0.4 is 10.6 Å². The van der Waals surface area contributed by atoms with Crippen molar-refractivity contribution >= 4 is 29.7 Å². The Morgan fingerprint density at radius 2 is 2.00 bits per heavy atom. The van der Waals surface area contributed by atoms with Gasteiger partial charge >= 0.3 is 12.0 Å². The van der Waals surface area contributed by atoms with Crippen molar-refractivity contribution in [3.05, 3.63) is 0 Å². The van der Waals surface area contributed by atoms with Crippen molar-refractivity contribution in [3.8, 4) is 0 Å². The summed E-state index contributed by atoms with van der Waals surface area (Å²) in [5.41, 5.74) is 0.00825. The van der Waals surface area contributed by atoms with Crippen molar-refractivity contribution in [1.82, 2.24) is 10.6 Å². The Morgan fingerprint density at radius 3 is 2.55 bits per heavy atom. The number of hydrogen-bond acceptors (Lipinski definition) is 5. The molecule has 0 radical (unpaired) electrons. The zero-order chi connectivity index (χ0) is 14.6. The summed E-state index contributed by atoms with van der Waals surface area (Å²) in [6.07, 6.45) is 4.40. The number of rotatable bonds is 7. The van der Waals surface area contributed by atoms with E-state index in [1.807, 2.05) is 0 Å². The fraction of sp³-hybridized carbons (Fsp3) is 0.769. The minimum atomic E-state index is -0.409. The summed E-state index contributed by atoms with van der Waals surface area (Å²) >= 11 is 1.46. The van der Waals surface area contributed by atoms with Gasteiger partial charge in [-0.05, 0) is 36.9 Å². The third kappa shape index (κ3) is 5.03. The first-order chi connectivity index (χ1) is 9.53. The van der Waals surface area contributed by atoms with Crippen LogP contribution in [0.3, 0.4) is 0 Å². The van der Waals surface area contributed by atoms with Crippen LogP contribution in [-0.2, 0) is 14.3 Å². The average molecular weight is 300 g/mol. The van der Waals surface area contributed by atoms with Crippen LogP contribution in [-0.4, -0.2) is 42.6 Å². The summed E-state index contributed by atoms with van der Waals surface area (Å²) in [5.74, 6) is 0.499. The maximum absolute atomic E-state index is 11.6. The first-order valence-electron chi connectivity index (χ1n) is 6.78. The van der Waals surface area contributed by atoms with E-state index < -0.39 is 6.03 Å². The number of urea groups is 1. The number of ether oxygens (including phenoxy) is 1. The lowest BCUT2D eigenvalue weighted by atomic mass is 10.1. The second-order valence-corrected chi connectivity index (χ2v) is 6.53. The van der Waals surface area contributed by atoms with E-state index in [2.05, 4.69) is 15.4 Å². The number of methoxy groups -OCH3 is 1. The zero-order valence-electron chi connectivity index (χ0n) is 11.6. The molecule has 0 heterocycles. The van der Waals surface area contributed by atoms with Gasteiger partial charge in [0.1, 0.15) is 0 Å². The smallest absolute Gasteiger partial charge is 0.321 e. The van der Waals surface area contributed by atoms with Crippen LogP contribution in [0.5, 0.6) is 0 Å². The van der Waals surface area contributed by atoms with Crippen LogP contribution in [0.2, 0.25) is 0 Å². The Bertz CT molecular complexity index is 405. The highest BCUT2D eigenvalue weighted by atomic mass is 32.2. The van der Waals surface area contributed by atoms with Crippen molar-refractivity contribution in [2.45, 2.75) is 38.1 Å². The Labute approximate surface area is 122 Å². The van der Waals surface area contributed by atoms with Crippen LogP contribution in [0.1, 0.15) is 32.1 Å². The molecule has 0 unspecified atom stereocenters. The molecule has 2 rings (SSSR count). The Hall–Kier alpha value is -1.24. The van der Waals surface area contributed by atoms with E-state index in [-0.39, 0.29) is 29.1 Å². The van der Waals surface area contributed by atoms with Crippen LogP contribution in [0.25, 0.3) is 0 Å². The molecule has 7 heteroatoms. The Kier molecular flexibility index (Phi) is 4.91. The predicted molar refractivity (Wildman–Crippen MR) is 75.3 cm³/mol. The van der Waals surface area contributed by atoms with Gasteiger partial charge in [0.25, 0.3) is 0 Å². The van der Waals surface area contributed by atoms with Gasteiger partial charge in [0, 0.05) is 6.04 Å². The van der Waals surface area contributed by atoms with Gasteiger partial charge in [0.2, 0.25) is 5.91 Å². The van der Waals surface area contributed by atoms with E-state index in [0.717, 1.165) is 31.4 Å². The highest BCUT2D eigenvalue weighted by Crippen LogP contribution is 2.51. The molecule has 2 fully saturated rings. The highest BCUT2D eigenvalue weighted by molar-refractivity contribution is 8.00. The molecule has 0 aliphatic heterocycles. The third-order valence-corrected chi connectivity index (χ3v) is 4.79. The van der Waals surface area contributed by atoms with E-state index in [0.29, 0.717) is 6.42 Å². The third-order valence-electron chi connectivity index (χ3n) is 3.51. The fourth-order valence-corrected chi connectivity index (χ4v) is 3.08. The van der Waals surface area contributed by atoms with Crippen LogP contribution >= 0.6 is 11.8 Å². The van der Waals surface area contributed by atoms with Crippen LogP contribution in [0.15, 0.2) is 0 Å². The van der Waals surface area contributed by atoms with Crippen molar-refractivity contribution < 1.29 is 19.1 Å². The maximum atomic E-state index is 11.6. The molecule has 0 aromatic heterocycles. The second-order valence-electron chi connectivity index (χ2n) is 5.54. The van der Waals surface area contributed by atoms with Gasteiger partial charge in [-0.15, -0.1) is 0 Å². The van der Waals surface area contributed by atoms with Crippen molar-refractivity contribution in [2.24, 2.45) is 5.41 Å². The van der Waals surface area contributed by atoms with E-state index in [1.165, 1.54) is 18.9 Å². The lowest BCUT2D eigenvalue weighted by Gasteiger charge is -2.12. The molecule has 2 aliphatic rings. The van der Waals surface area contributed by atoms with Gasteiger partial charge < -0.3 is 10.1 Å². The molecule has 0 aromatic rings. The van der Waals surface area contributed by atoms with Gasteiger partial charge in [-0.3, -0.25) is 14.9 Å². The van der Waals surface area contributed by atoms with Gasteiger partial charge in [-0.1, -0.05) is 0 Å². The summed E-state index contributed by atoms with van der Waals surface area (Å²) in [7, 11) is 1.39. The van der Waals surface area contributed by atoms with E-state index in [1.54, 1.807) is 0 Å². The average Bonchev–Trinajstić information content (AvgIpc) is 3.28. The monoisotopic (exact) mass is 300 g/mol. The highest BCUT2D eigenvalue weighted by Gasteiger charge is 2.44. The summed E-state index contributed by atoms with van der Waals surface area (Å²) < 4.78 is 4.67. The predicted octanol–water partition coefficient (Wildman–Crippen LogP) is 1.05. The first-order valence-corrected chi connectivity index (χ1v) is 7.93. The number of carbonyl (C=O) groups is 3. The Morgan fingerprint density at radius 1 is 1.30 bits per heavy atom. The Balaban J connectivity index is 1.59. The summed E-state index contributed by atoms with van der Waals surface area (Å²) in [5, 5.41) is 5.00. The maximum Gasteiger partial charge on any atom is 0.321 e. The minimum Gasteiger partial charge on any atom is -0.469 e. The quantitative estimate of drug-likeness (QED) is 0.687. The fourth-order valence-electron chi connectivity index (χ4n) is 1.90. The molecule has 2 N–H and O–H groups in total. The minimum absolute atomic E-state index is 0.00825. The van der Waals surface area contributed by atoms with Gasteiger partial charge in [0.15, 0.2) is 0 Å². The lowest BCUT2D eigenvalue weighted by Crippen LogP contribution is -2.41. The van der Waals surface area contributed by atoms with Gasteiger partial charge in [-0.2, -0.15) is 11.8 Å². The molecule has 0 spiro atoms. The summed E-state index contributed by atoms with van der Waals surface area (Å²) in [6.45, 7) is 0. The van der Waals surface area contributed by atoms with Crippen molar-refractivity contribution in [1.29, 1.82) is 0 Å². The standard InChI is InChI=1S/C13H20N2O4S/c1-19-11(17)6-13(4-5-13)8-20-7-10(16)15-12(18)14-9-2-3-9/h9H,2-8H2,1H3,(H2,14,15,16,18). The zero-order valence-corrected chi connectivity index (χ0v) is 12.4. The topological polar surface area (TPSA) is 84.5 Å². The molecule has 0 bridgehead atoms. The first kappa shape index (κ1) is 15.2. The normalized spacial score (nSPS) is 19.1. The molecule has 20 heavy (non-hydrogen) atoms. The van der Waals surface area contributed by atoms with Crippen LogP contribution in [0, 0.1) is 5.41 Å². The largest absolute Gasteiger partial charge is 0.469 e. The molecule has 0 atom stereocenters. The number of thioether (sulfide) groups is 1. The van der Waals surface area contributed by atoms with Crippen molar-refractivity contribution in [3.63, 3.8) is 0 Å². The number of imide groups is 1.